The summed E-state index contributed by atoms with van der Waals surface area (Å²) < 4.78 is 1.57. The summed E-state index contributed by atoms with van der Waals surface area (Å²) in [7, 11) is 0. The van der Waals surface area contributed by atoms with Crippen molar-refractivity contribution in [3.05, 3.63) is 76.1 Å². The van der Waals surface area contributed by atoms with Crippen LogP contribution in [0.5, 0.6) is 0 Å². The first kappa shape index (κ1) is 19.8. The summed E-state index contributed by atoms with van der Waals surface area (Å²) in [6, 6.07) is 15.5. The monoisotopic (exact) mass is 377 g/mol. The van der Waals surface area contributed by atoms with E-state index in [0.717, 1.165) is 5.56 Å². The predicted molar refractivity (Wildman–Crippen MR) is 112 cm³/mol. The number of amides is 1. The van der Waals surface area contributed by atoms with E-state index in [1.807, 2.05) is 18.2 Å². The van der Waals surface area contributed by atoms with Gasteiger partial charge in [-0.3, -0.25) is 14.3 Å². The van der Waals surface area contributed by atoms with Crippen LogP contribution >= 0.6 is 0 Å². The molecule has 3 rings (SSSR count). The van der Waals surface area contributed by atoms with Gasteiger partial charge in [0.2, 0.25) is 11.3 Å². The second kappa shape index (κ2) is 8.38. The quantitative estimate of drug-likeness (QED) is 0.705. The van der Waals surface area contributed by atoms with Gasteiger partial charge < -0.3 is 5.32 Å². The smallest absolute Gasteiger partial charge is 0.242 e. The maximum Gasteiger partial charge on any atom is 0.242 e. The minimum atomic E-state index is -0.141. The minimum Gasteiger partial charge on any atom is -0.347 e. The van der Waals surface area contributed by atoms with Gasteiger partial charge in [-0.05, 0) is 35.1 Å². The molecule has 0 spiro atoms. The Morgan fingerprint density at radius 1 is 1.00 bits per heavy atom. The Hall–Kier alpha value is -2.95. The number of nitrogens with zero attached hydrogens (tertiary/aromatic N) is 2. The molecule has 5 heteroatoms. The zero-order valence-corrected chi connectivity index (χ0v) is 16.8. The number of para-hydroxylation sites is 1. The van der Waals surface area contributed by atoms with Crippen molar-refractivity contribution in [1.82, 2.24) is 15.1 Å². The molecular weight excluding hydrogens is 350 g/mol. The maximum absolute atomic E-state index is 12.8. The standard InChI is InChI=1S/C23H27N3O2/c1-15(2)17-9-11-18(12-10-17)23(16(3)4)25-22(28)14-26-20-8-6-5-7-19(20)21(27)13-24-26/h5-13,15-16,23H,14H2,1-4H3,(H,25,28). The molecule has 0 bridgehead atoms. The fourth-order valence-corrected chi connectivity index (χ4v) is 3.37. The lowest BCUT2D eigenvalue weighted by atomic mass is 9.93. The highest BCUT2D eigenvalue weighted by Crippen LogP contribution is 2.24. The van der Waals surface area contributed by atoms with E-state index in [-0.39, 0.29) is 29.8 Å². The number of rotatable bonds is 6. The van der Waals surface area contributed by atoms with Gasteiger partial charge in [0, 0.05) is 5.39 Å². The van der Waals surface area contributed by atoms with Crippen LogP contribution in [-0.2, 0) is 11.3 Å². The van der Waals surface area contributed by atoms with Crippen molar-refractivity contribution < 1.29 is 4.79 Å². The molecule has 0 aliphatic rings. The summed E-state index contributed by atoms with van der Waals surface area (Å²) in [6.07, 6.45) is 1.26. The Balaban J connectivity index is 1.80. The second-order valence-electron chi connectivity index (χ2n) is 7.79. The molecule has 146 valence electrons. The van der Waals surface area contributed by atoms with Crippen molar-refractivity contribution in [2.45, 2.75) is 46.2 Å². The van der Waals surface area contributed by atoms with Crippen LogP contribution in [-0.4, -0.2) is 15.7 Å². The topological polar surface area (TPSA) is 64.0 Å². The third-order valence-corrected chi connectivity index (χ3v) is 5.00. The first-order valence-electron chi connectivity index (χ1n) is 9.71. The van der Waals surface area contributed by atoms with Crippen LogP contribution in [0.4, 0.5) is 0 Å². The second-order valence-corrected chi connectivity index (χ2v) is 7.79. The van der Waals surface area contributed by atoms with Gasteiger partial charge in [-0.15, -0.1) is 0 Å². The molecule has 0 saturated heterocycles. The van der Waals surface area contributed by atoms with Crippen molar-refractivity contribution >= 4 is 16.8 Å². The minimum absolute atomic E-state index is 0.0636. The predicted octanol–water partition coefficient (Wildman–Crippen LogP) is 4.03. The highest BCUT2D eigenvalue weighted by Gasteiger charge is 2.19. The van der Waals surface area contributed by atoms with Crippen molar-refractivity contribution in [2.24, 2.45) is 5.92 Å². The first-order valence-corrected chi connectivity index (χ1v) is 9.71. The molecule has 1 heterocycles. The average molecular weight is 377 g/mol. The van der Waals surface area contributed by atoms with Crippen molar-refractivity contribution in [1.29, 1.82) is 0 Å². The number of hydrogen-bond acceptors (Lipinski definition) is 3. The van der Waals surface area contributed by atoms with E-state index in [2.05, 4.69) is 62.4 Å². The molecule has 0 fully saturated rings. The number of fused-ring (bicyclic) bond motifs is 1. The molecule has 5 nitrogen and oxygen atoms in total. The molecule has 0 saturated carbocycles. The first-order chi connectivity index (χ1) is 13.4. The summed E-state index contributed by atoms with van der Waals surface area (Å²) in [5, 5.41) is 7.84. The van der Waals surface area contributed by atoms with E-state index in [1.54, 1.807) is 10.7 Å². The molecule has 1 unspecified atom stereocenters. The maximum atomic E-state index is 12.8. The van der Waals surface area contributed by atoms with Crippen LogP contribution in [0.3, 0.4) is 0 Å². The molecule has 28 heavy (non-hydrogen) atoms. The molecule has 2 aromatic carbocycles. The van der Waals surface area contributed by atoms with Crippen LogP contribution in [0.25, 0.3) is 10.9 Å². The summed E-state index contributed by atoms with van der Waals surface area (Å²) in [4.78, 5) is 24.7. The van der Waals surface area contributed by atoms with Gasteiger partial charge in [-0.25, -0.2) is 0 Å². The van der Waals surface area contributed by atoms with E-state index >= 15 is 0 Å². The summed E-state index contributed by atoms with van der Waals surface area (Å²) >= 11 is 0. The van der Waals surface area contributed by atoms with Crippen LogP contribution < -0.4 is 10.7 Å². The summed E-state index contributed by atoms with van der Waals surface area (Å²) in [5.74, 6) is 0.585. The average Bonchev–Trinajstić information content (AvgIpc) is 2.68. The lowest BCUT2D eigenvalue weighted by Gasteiger charge is -2.24. The van der Waals surface area contributed by atoms with Crippen LogP contribution in [0.1, 0.15) is 50.8 Å². The van der Waals surface area contributed by atoms with Gasteiger partial charge in [0.15, 0.2) is 0 Å². The third-order valence-electron chi connectivity index (χ3n) is 5.00. The van der Waals surface area contributed by atoms with E-state index < -0.39 is 0 Å². The normalized spacial score (nSPS) is 12.5. The zero-order valence-electron chi connectivity index (χ0n) is 16.8. The SMILES string of the molecule is CC(C)c1ccc(C(NC(=O)Cn2ncc(=O)c3ccccc32)C(C)C)cc1. The molecule has 0 radical (unpaired) electrons. The number of carbonyl (C=O) groups excluding carboxylic acids is 1. The van der Waals surface area contributed by atoms with E-state index in [9.17, 15) is 9.59 Å². The highest BCUT2D eigenvalue weighted by atomic mass is 16.2. The molecule has 1 N–H and O–H groups in total. The van der Waals surface area contributed by atoms with Crippen molar-refractivity contribution in [3.8, 4) is 0 Å². The van der Waals surface area contributed by atoms with Crippen molar-refractivity contribution in [3.63, 3.8) is 0 Å². The van der Waals surface area contributed by atoms with Gasteiger partial charge in [-0.1, -0.05) is 64.1 Å². The Bertz CT molecular complexity index is 1020. The Kier molecular flexibility index (Phi) is 5.93. The highest BCUT2D eigenvalue weighted by molar-refractivity contribution is 5.81. The largest absolute Gasteiger partial charge is 0.347 e. The number of benzene rings is 2. The molecule has 1 aromatic heterocycles. The summed E-state index contributed by atoms with van der Waals surface area (Å²) in [6.45, 7) is 8.58. The van der Waals surface area contributed by atoms with Crippen LogP contribution in [0, 0.1) is 5.92 Å². The Morgan fingerprint density at radius 2 is 1.64 bits per heavy atom. The zero-order chi connectivity index (χ0) is 20.3. The van der Waals surface area contributed by atoms with Gasteiger partial charge >= 0.3 is 0 Å². The lowest BCUT2D eigenvalue weighted by Crippen LogP contribution is -2.35. The van der Waals surface area contributed by atoms with Crippen molar-refractivity contribution in [2.75, 3.05) is 0 Å². The van der Waals surface area contributed by atoms with Gasteiger partial charge in [0.25, 0.3) is 0 Å². The molecule has 1 atom stereocenters. The molecule has 0 aliphatic heterocycles. The van der Waals surface area contributed by atoms with Crippen LogP contribution in [0.2, 0.25) is 0 Å². The van der Waals surface area contributed by atoms with Gasteiger partial charge in [0.1, 0.15) is 6.54 Å². The fraction of sp³-hybridized carbons (Fsp3) is 0.348. The fourth-order valence-electron chi connectivity index (χ4n) is 3.37. The van der Waals surface area contributed by atoms with Crippen LogP contribution in [0.15, 0.2) is 59.5 Å². The molecule has 0 aliphatic carbocycles. The van der Waals surface area contributed by atoms with E-state index in [0.29, 0.717) is 16.8 Å². The van der Waals surface area contributed by atoms with E-state index in [4.69, 9.17) is 0 Å². The third kappa shape index (κ3) is 4.30. The molecular formula is C23H27N3O2. The summed E-state index contributed by atoms with van der Waals surface area (Å²) in [5.41, 5.74) is 2.89. The number of carbonyl (C=O) groups is 1. The number of nitrogens with one attached hydrogen (secondary N) is 1. The van der Waals surface area contributed by atoms with E-state index in [1.165, 1.54) is 11.8 Å². The Labute approximate surface area is 165 Å². The van der Waals surface area contributed by atoms with Gasteiger partial charge in [-0.2, -0.15) is 5.10 Å². The molecule has 1 amide bonds. The Morgan fingerprint density at radius 3 is 2.29 bits per heavy atom. The lowest BCUT2D eigenvalue weighted by molar-refractivity contribution is -0.122. The van der Waals surface area contributed by atoms with Gasteiger partial charge in [0.05, 0.1) is 17.8 Å². The number of aromatic nitrogens is 2. The number of hydrogen-bond donors (Lipinski definition) is 1. The molecule has 3 aromatic rings.